The number of anilines is 1. The van der Waals surface area contributed by atoms with Gasteiger partial charge in [0.05, 0.1) is 17.0 Å². The molecule has 10 nitrogen and oxygen atoms in total. The third-order valence-corrected chi connectivity index (χ3v) is 5.33. The van der Waals surface area contributed by atoms with E-state index >= 15 is 0 Å². The van der Waals surface area contributed by atoms with Crippen LogP contribution in [0.3, 0.4) is 0 Å². The molecule has 0 fully saturated rings. The summed E-state index contributed by atoms with van der Waals surface area (Å²) in [6.07, 6.45) is -2.06. The van der Waals surface area contributed by atoms with Crippen molar-refractivity contribution in [3.05, 3.63) is 32.9 Å². The number of halogens is 2. The molecule has 1 heterocycles. The number of nitrogens with one attached hydrogen (secondary N) is 1. The second kappa shape index (κ2) is 10.8. The van der Waals surface area contributed by atoms with Crippen molar-refractivity contribution in [1.82, 2.24) is 4.90 Å². The Morgan fingerprint density at radius 2 is 1.86 bits per heavy atom. The van der Waals surface area contributed by atoms with Gasteiger partial charge in [0.15, 0.2) is 0 Å². The maximum absolute atomic E-state index is 13.7. The van der Waals surface area contributed by atoms with Crippen LogP contribution >= 0.6 is 0 Å². The second-order valence-electron chi connectivity index (χ2n) is 10.6. The van der Waals surface area contributed by atoms with Gasteiger partial charge in [0.25, 0.3) is 6.43 Å². The molecule has 1 aliphatic heterocycles. The number of amides is 1. The molecule has 0 bridgehead atoms. The van der Waals surface area contributed by atoms with E-state index in [4.69, 9.17) is 15.2 Å². The first-order valence-electron chi connectivity index (χ1n) is 11.4. The first-order chi connectivity index (χ1) is 16.4. The minimum Gasteiger partial charge on any atom is -0.456 e. The van der Waals surface area contributed by atoms with Gasteiger partial charge < -0.3 is 25.4 Å². The molecule has 0 radical (unpaired) electrons. The predicted molar refractivity (Wildman–Crippen MR) is 132 cm³/mol. The van der Waals surface area contributed by atoms with Crippen LogP contribution in [0.4, 0.5) is 25.0 Å². The average Bonchev–Trinajstić information content (AvgIpc) is 2.69. The van der Waals surface area contributed by atoms with Gasteiger partial charge in [0.2, 0.25) is 5.75 Å². The zero-order valence-electron chi connectivity index (χ0n) is 21.7. The van der Waals surface area contributed by atoms with Crippen LogP contribution in [-0.2, 0) is 10.2 Å². The van der Waals surface area contributed by atoms with Crippen molar-refractivity contribution in [2.45, 2.75) is 65.4 Å². The molecule has 2 rings (SSSR count). The molecule has 0 spiro atoms. The quantitative estimate of drug-likeness (QED) is 0.305. The number of nitro benzene ring substituents is 1. The maximum atomic E-state index is 13.7. The van der Waals surface area contributed by atoms with Crippen molar-refractivity contribution in [2.75, 3.05) is 32.0 Å². The number of carbonyl (C=O) groups excluding carboxylic acids is 2. The van der Waals surface area contributed by atoms with Gasteiger partial charge in [-0.25, -0.2) is 18.4 Å². The Balaban J connectivity index is 3.18. The summed E-state index contributed by atoms with van der Waals surface area (Å²) in [4.78, 5) is 39.0. The number of ether oxygens (including phenoxy) is 2. The van der Waals surface area contributed by atoms with Gasteiger partial charge in [0.1, 0.15) is 11.3 Å². The smallest absolute Gasteiger partial charge is 0.410 e. The zero-order chi connectivity index (χ0) is 27.6. The van der Waals surface area contributed by atoms with Gasteiger partial charge in [-0.1, -0.05) is 26.8 Å². The summed E-state index contributed by atoms with van der Waals surface area (Å²) in [6, 6.07) is 0. The van der Waals surface area contributed by atoms with Crippen LogP contribution < -0.4 is 15.8 Å². The Bertz CT molecular complexity index is 1070. The molecule has 3 N–H and O–H groups in total. The lowest BCUT2D eigenvalue weighted by atomic mass is 9.78. The average molecular weight is 513 g/mol. The van der Waals surface area contributed by atoms with E-state index in [-0.39, 0.29) is 22.4 Å². The predicted octanol–water partition coefficient (Wildman–Crippen LogP) is 4.70. The van der Waals surface area contributed by atoms with Crippen LogP contribution in [0.1, 0.15) is 69.4 Å². The number of esters is 1. The highest BCUT2D eigenvalue weighted by Crippen LogP contribution is 2.51. The SMILES string of the molecule is CN1CC=C(c2c(NCC(F)F)c([N+](=O)[O-])c(OC(N)=O)c(C(C)(C)C)c2C(=O)OC(C)(C)C)CC1. The summed E-state index contributed by atoms with van der Waals surface area (Å²) in [5.74, 6) is -1.43. The van der Waals surface area contributed by atoms with Gasteiger partial charge in [0, 0.05) is 24.2 Å². The molecule has 1 amide bonds. The van der Waals surface area contributed by atoms with Crippen LogP contribution in [0.5, 0.6) is 5.75 Å². The van der Waals surface area contributed by atoms with E-state index in [1.807, 2.05) is 11.9 Å². The number of rotatable bonds is 7. The number of likely N-dealkylation sites (N-methyl/N-ethyl adjacent to an activating group) is 1. The lowest BCUT2D eigenvalue weighted by Crippen LogP contribution is -2.31. The Morgan fingerprint density at radius 1 is 1.25 bits per heavy atom. The summed E-state index contributed by atoms with van der Waals surface area (Å²) in [7, 11) is 1.88. The zero-order valence-corrected chi connectivity index (χ0v) is 21.7. The van der Waals surface area contributed by atoms with Gasteiger partial charge in [-0.05, 0) is 45.2 Å². The lowest BCUT2D eigenvalue weighted by Gasteiger charge is -2.32. The standard InChI is InChI=1S/C24H34F2N4O6/c1-23(2,3)17-16(21(31)36-24(4,5)6)15(13-8-10-29(7)11-9-13)18(28-12-14(25)26)19(30(33)34)20(17)35-22(27)32/h8,14,28H,9-12H2,1-7H3,(H2,27,32). The summed E-state index contributed by atoms with van der Waals surface area (Å²) in [5, 5.41) is 14.8. The molecular formula is C24H34F2N4O6. The van der Waals surface area contributed by atoms with E-state index < -0.39 is 52.4 Å². The van der Waals surface area contributed by atoms with Crippen LogP contribution in [0.2, 0.25) is 0 Å². The van der Waals surface area contributed by atoms with Crippen molar-refractivity contribution >= 4 is 29.0 Å². The number of nitrogens with zero attached hydrogens (tertiary/aromatic N) is 2. The van der Waals surface area contributed by atoms with Crippen molar-refractivity contribution in [3.63, 3.8) is 0 Å². The highest BCUT2D eigenvalue weighted by Gasteiger charge is 2.42. The molecule has 1 aliphatic rings. The first-order valence-corrected chi connectivity index (χ1v) is 11.4. The molecule has 1 aromatic rings. The number of carbonyl (C=O) groups is 2. The molecule has 0 atom stereocenters. The molecule has 0 aliphatic carbocycles. The minimum absolute atomic E-state index is 0.0136. The van der Waals surface area contributed by atoms with Crippen molar-refractivity contribution in [1.29, 1.82) is 0 Å². The lowest BCUT2D eigenvalue weighted by molar-refractivity contribution is -0.384. The number of nitrogens with two attached hydrogens (primary N) is 1. The topological polar surface area (TPSA) is 137 Å². The summed E-state index contributed by atoms with van der Waals surface area (Å²) in [6.45, 7) is 10.1. The molecule has 0 aromatic heterocycles. The van der Waals surface area contributed by atoms with E-state index in [9.17, 15) is 28.5 Å². The third kappa shape index (κ3) is 6.90. The van der Waals surface area contributed by atoms with Crippen LogP contribution in [0.25, 0.3) is 5.57 Å². The fourth-order valence-corrected chi connectivity index (χ4v) is 4.01. The normalized spacial score (nSPS) is 14.9. The summed E-state index contributed by atoms with van der Waals surface area (Å²) in [5.41, 5.74) is 2.71. The molecule has 12 heteroatoms. The number of hydrogen-bond donors (Lipinski definition) is 2. The largest absolute Gasteiger partial charge is 0.456 e. The summed E-state index contributed by atoms with van der Waals surface area (Å²) >= 11 is 0. The number of primary amides is 1. The summed E-state index contributed by atoms with van der Waals surface area (Å²) < 4.78 is 37.4. The Hall–Kier alpha value is -3.28. The Labute approximate surface area is 208 Å². The van der Waals surface area contributed by atoms with Crippen molar-refractivity contribution < 1.29 is 32.8 Å². The maximum Gasteiger partial charge on any atom is 0.410 e. The van der Waals surface area contributed by atoms with E-state index in [2.05, 4.69) is 5.32 Å². The monoisotopic (exact) mass is 512 g/mol. The van der Waals surface area contributed by atoms with Gasteiger partial charge in [-0.2, -0.15) is 0 Å². The van der Waals surface area contributed by atoms with Crippen LogP contribution in [0.15, 0.2) is 6.08 Å². The Kier molecular flexibility index (Phi) is 8.66. The van der Waals surface area contributed by atoms with Crippen LogP contribution in [-0.4, -0.2) is 60.6 Å². The fraction of sp³-hybridized carbons (Fsp3) is 0.583. The van der Waals surface area contributed by atoms with Gasteiger partial charge in [-0.3, -0.25) is 10.1 Å². The number of hydrogen-bond acceptors (Lipinski definition) is 8. The van der Waals surface area contributed by atoms with E-state index in [1.54, 1.807) is 47.6 Å². The van der Waals surface area contributed by atoms with E-state index in [1.165, 1.54) is 0 Å². The molecule has 200 valence electrons. The van der Waals surface area contributed by atoms with Crippen molar-refractivity contribution in [3.8, 4) is 5.75 Å². The van der Waals surface area contributed by atoms with E-state index in [0.29, 0.717) is 25.1 Å². The number of benzene rings is 1. The third-order valence-electron chi connectivity index (χ3n) is 5.33. The molecule has 36 heavy (non-hydrogen) atoms. The van der Waals surface area contributed by atoms with Gasteiger partial charge >= 0.3 is 17.7 Å². The fourth-order valence-electron chi connectivity index (χ4n) is 4.01. The molecule has 0 saturated carbocycles. The van der Waals surface area contributed by atoms with Crippen molar-refractivity contribution in [2.24, 2.45) is 5.73 Å². The van der Waals surface area contributed by atoms with Gasteiger partial charge in [-0.15, -0.1) is 0 Å². The highest BCUT2D eigenvalue weighted by molar-refractivity contribution is 6.04. The Morgan fingerprint density at radius 3 is 2.28 bits per heavy atom. The van der Waals surface area contributed by atoms with E-state index in [0.717, 1.165) is 0 Å². The minimum atomic E-state index is -2.86. The molecular weight excluding hydrogens is 478 g/mol. The molecule has 1 aromatic carbocycles. The first kappa shape index (κ1) is 29.0. The number of nitro groups is 1. The highest BCUT2D eigenvalue weighted by atomic mass is 19.3. The molecule has 0 unspecified atom stereocenters. The molecule has 0 saturated heterocycles. The second-order valence-corrected chi connectivity index (χ2v) is 10.6. The number of alkyl halides is 2. The van der Waals surface area contributed by atoms with Crippen LogP contribution in [0, 0.1) is 10.1 Å².